The maximum absolute atomic E-state index is 12.6. The van der Waals surface area contributed by atoms with E-state index in [1.807, 2.05) is 23.6 Å². The molecule has 5 nitrogen and oxygen atoms in total. The average Bonchev–Trinajstić information content (AvgIpc) is 3.12. The number of hydrogen-bond acceptors (Lipinski definition) is 4. The van der Waals surface area contributed by atoms with Crippen LogP contribution in [0.25, 0.3) is 0 Å². The Morgan fingerprint density at radius 1 is 1.60 bits per heavy atom. The minimum atomic E-state index is -0.947. The number of rotatable bonds is 3. The molecular formula is C14H13NO4S. The Balaban J connectivity index is 1.65. The zero-order valence-electron chi connectivity index (χ0n) is 10.6. The second-order valence-electron chi connectivity index (χ2n) is 5.51. The van der Waals surface area contributed by atoms with E-state index >= 15 is 0 Å². The number of amides is 1. The van der Waals surface area contributed by atoms with Crippen LogP contribution in [-0.4, -0.2) is 40.1 Å². The van der Waals surface area contributed by atoms with Crippen LogP contribution in [0.5, 0.6) is 0 Å². The number of nitrogens with zero attached hydrogens (tertiary/aromatic N) is 1. The summed E-state index contributed by atoms with van der Waals surface area (Å²) in [4.78, 5) is 26.8. The van der Waals surface area contributed by atoms with E-state index in [2.05, 4.69) is 0 Å². The van der Waals surface area contributed by atoms with Gasteiger partial charge in [-0.05, 0) is 11.4 Å². The summed E-state index contributed by atoms with van der Waals surface area (Å²) in [6, 6.07) is 3.92. The van der Waals surface area contributed by atoms with Crippen molar-refractivity contribution in [2.24, 2.45) is 11.8 Å². The topological polar surface area (TPSA) is 66.8 Å². The first-order valence-electron chi connectivity index (χ1n) is 6.52. The fourth-order valence-electron chi connectivity index (χ4n) is 3.58. The lowest BCUT2D eigenvalue weighted by molar-refractivity contribution is -0.148. The Labute approximate surface area is 119 Å². The summed E-state index contributed by atoms with van der Waals surface area (Å²) in [6.07, 6.45) is 3.22. The number of carbonyl (C=O) groups excluding carboxylic acids is 1. The van der Waals surface area contributed by atoms with Crippen LogP contribution in [0.4, 0.5) is 0 Å². The SMILES string of the molecule is O=C(O)[C@@H]1[C@H]2C(=O)N(Cc3cccs3)C[C@@]23C=C[C@H]1O3. The second kappa shape index (κ2) is 3.93. The van der Waals surface area contributed by atoms with Crippen molar-refractivity contribution >= 4 is 23.2 Å². The number of likely N-dealkylation sites (tertiary alicyclic amines) is 1. The van der Waals surface area contributed by atoms with Gasteiger partial charge in [0.05, 0.1) is 25.1 Å². The summed E-state index contributed by atoms with van der Waals surface area (Å²) in [7, 11) is 0. The van der Waals surface area contributed by atoms with E-state index in [4.69, 9.17) is 4.74 Å². The highest BCUT2D eigenvalue weighted by Gasteiger charge is 2.66. The molecule has 2 fully saturated rings. The van der Waals surface area contributed by atoms with E-state index in [0.717, 1.165) is 4.88 Å². The molecule has 20 heavy (non-hydrogen) atoms. The third kappa shape index (κ3) is 1.46. The number of hydrogen-bond donors (Lipinski definition) is 1. The van der Waals surface area contributed by atoms with Gasteiger partial charge in [-0.15, -0.1) is 11.3 Å². The summed E-state index contributed by atoms with van der Waals surface area (Å²) in [5.41, 5.74) is -0.720. The molecule has 4 heterocycles. The molecule has 3 aliphatic rings. The third-order valence-electron chi connectivity index (χ3n) is 4.39. The number of fused-ring (bicyclic) bond motifs is 1. The lowest BCUT2D eigenvalue weighted by atomic mass is 9.77. The highest BCUT2D eigenvalue weighted by atomic mass is 32.1. The summed E-state index contributed by atoms with van der Waals surface area (Å²) >= 11 is 1.59. The van der Waals surface area contributed by atoms with Gasteiger partial charge in [-0.3, -0.25) is 9.59 Å². The van der Waals surface area contributed by atoms with Crippen LogP contribution in [0.15, 0.2) is 29.7 Å². The Morgan fingerprint density at radius 2 is 2.45 bits per heavy atom. The standard InChI is InChI=1S/C14H13NO4S/c16-12-11-10(13(17)18)9-3-4-14(11,19-9)7-15(12)6-8-2-1-5-20-8/h1-5,9-11H,6-7H2,(H,17,18)/t9-,10+,11+,14+/m1/s1. The molecule has 0 radical (unpaired) electrons. The van der Waals surface area contributed by atoms with Gasteiger partial charge >= 0.3 is 5.97 Å². The minimum Gasteiger partial charge on any atom is -0.481 e. The Hall–Kier alpha value is -1.66. The molecular weight excluding hydrogens is 278 g/mol. The summed E-state index contributed by atoms with van der Waals surface area (Å²) in [5.74, 6) is -2.37. The van der Waals surface area contributed by atoms with E-state index in [1.165, 1.54) is 0 Å². The molecule has 4 rings (SSSR count). The zero-order valence-corrected chi connectivity index (χ0v) is 11.4. The van der Waals surface area contributed by atoms with Gasteiger partial charge in [0.2, 0.25) is 5.91 Å². The Morgan fingerprint density at radius 3 is 3.15 bits per heavy atom. The van der Waals surface area contributed by atoms with Crippen molar-refractivity contribution in [1.29, 1.82) is 0 Å². The first-order chi connectivity index (χ1) is 9.61. The van der Waals surface area contributed by atoms with Crippen LogP contribution in [0, 0.1) is 11.8 Å². The van der Waals surface area contributed by atoms with Crippen LogP contribution in [0.3, 0.4) is 0 Å². The fourth-order valence-corrected chi connectivity index (χ4v) is 4.30. The zero-order chi connectivity index (χ0) is 13.9. The van der Waals surface area contributed by atoms with Crippen LogP contribution in [0.1, 0.15) is 4.88 Å². The van der Waals surface area contributed by atoms with Gasteiger partial charge in [0.15, 0.2) is 0 Å². The Kier molecular flexibility index (Phi) is 2.38. The van der Waals surface area contributed by atoms with Crippen molar-refractivity contribution in [2.75, 3.05) is 6.54 Å². The van der Waals surface area contributed by atoms with E-state index in [-0.39, 0.29) is 5.91 Å². The predicted octanol–water partition coefficient (Wildman–Crippen LogP) is 1.11. The third-order valence-corrected chi connectivity index (χ3v) is 5.25. The van der Waals surface area contributed by atoms with Crippen molar-refractivity contribution < 1.29 is 19.4 Å². The lowest BCUT2D eigenvalue weighted by Crippen LogP contribution is -2.39. The molecule has 2 saturated heterocycles. The average molecular weight is 291 g/mol. The number of carbonyl (C=O) groups is 2. The van der Waals surface area contributed by atoms with Gasteiger partial charge in [0.1, 0.15) is 11.5 Å². The molecule has 3 aliphatic heterocycles. The van der Waals surface area contributed by atoms with Crippen LogP contribution >= 0.6 is 11.3 Å². The summed E-state index contributed by atoms with van der Waals surface area (Å²) in [5, 5.41) is 11.3. The molecule has 6 heteroatoms. The monoisotopic (exact) mass is 291 g/mol. The smallest absolute Gasteiger partial charge is 0.310 e. The number of thiophene rings is 1. The molecule has 1 aromatic rings. The van der Waals surface area contributed by atoms with Gasteiger partial charge in [-0.25, -0.2) is 0 Å². The molecule has 0 aliphatic carbocycles. The minimum absolute atomic E-state index is 0.0994. The number of aliphatic carboxylic acids is 1. The van der Waals surface area contributed by atoms with Gasteiger partial charge in [0, 0.05) is 4.88 Å². The maximum atomic E-state index is 12.6. The van der Waals surface area contributed by atoms with Crippen molar-refractivity contribution in [3.8, 4) is 0 Å². The maximum Gasteiger partial charge on any atom is 0.310 e. The first-order valence-corrected chi connectivity index (χ1v) is 7.40. The summed E-state index contributed by atoms with van der Waals surface area (Å²) < 4.78 is 5.83. The fraction of sp³-hybridized carbons (Fsp3) is 0.429. The molecule has 4 atom stereocenters. The first kappa shape index (κ1) is 12.1. The van der Waals surface area contributed by atoms with Crippen molar-refractivity contribution in [3.63, 3.8) is 0 Å². The number of ether oxygens (including phenoxy) is 1. The second-order valence-corrected chi connectivity index (χ2v) is 6.54. The van der Waals surface area contributed by atoms with E-state index in [1.54, 1.807) is 22.3 Å². The molecule has 2 bridgehead atoms. The molecule has 0 unspecified atom stereocenters. The van der Waals surface area contributed by atoms with Gasteiger partial charge in [0.25, 0.3) is 0 Å². The predicted molar refractivity (Wildman–Crippen MR) is 71.1 cm³/mol. The quantitative estimate of drug-likeness (QED) is 0.847. The van der Waals surface area contributed by atoms with Gasteiger partial charge in [-0.2, -0.15) is 0 Å². The van der Waals surface area contributed by atoms with Crippen LogP contribution in [-0.2, 0) is 20.9 Å². The molecule has 0 aromatic carbocycles. The molecule has 1 aromatic heterocycles. The molecule has 1 spiro atoms. The molecule has 1 amide bonds. The number of carboxylic acid groups (broad SMARTS) is 1. The highest BCUT2D eigenvalue weighted by molar-refractivity contribution is 7.09. The highest BCUT2D eigenvalue weighted by Crippen LogP contribution is 2.52. The van der Waals surface area contributed by atoms with Gasteiger partial charge < -0.3 is 14.7 Å². The van der Waals surface area contributed by atoms with Crippen LogP contribution in [0.2, 0.25) is 0 Å². The van der Waals surface area contributed by atoms with Crippen molar-refractivity contribution in [3.05, 3.63) is 34.5 Å². The lowest BCUT2D eigenvalue weighted by Gasteiger charge is -2.21. The van der Waals surface area contributed by atoms with Crippen LogP contribution < -0.4 is 0 Å². The van der Waals surface area contributed by atoms with Crippen molar-refractivity contribution in [1.82, 2.24) is 4.90 Å². The number of carboxylic acids is 1. The molecule has 0 saturated carbocycles. The van der Waals surface area contributed by atoms with Gasteiger partial charge in [-0.1, -0.05) is 18.2 Å². The normalized spacial score (nSPS) is 37.7. The molecule has 1 N–H and O–H groups in total. The van der Waals surface area contributed by atoms with E-state index in [0.29, 0.717) is 13.1 Å². The largest absolute Gasteiger partial charge is 0.481 e. The van der Waals surface area contributed by atoms with E-state index < -0.39 is 29.5 Å². The van der Waals surface area contributed by atoms with Crippen molar-refractivity contribution in [2.45, 2.75) is 18.2 Å². The Bertz CT molecular complexity index is 611. The van der Waals surface area contributed by atoms with E-state index in [9.17, 15) is 14.7 Å². The molecule has 104 valence electrons. The summed E-state index contributed by atoms with van der Waals surface area (Å²) in [6.45, 7) is 0.980.